The van der Waals surface area contributed by atoms with Crippen LogP contribution in [0.15, 0.2) is 65.8 Å². The van der Waals surface area contributed by atoms with Gasteiger partial charge in [-0.05, 0) is 63.0 Å². The minimum atomic E-state index is -0.566. The third-order valence-electron chi connectivity index (χ3n) is 7.21. The number of nitrogens with zero attached hydrogens (tertiary/aromatic N) is 6. The lowest BCUT2D eigenvalue weighted by molar-refractivity contribution is -0.199. The third-order valence-corrected chi connectivity index (χ3v) is 7.21. The molecule has 5 rings (SSSR count). The van der Waals surface area contributed by atoms with Gasteiger partial charge in [-0.15, -0.1) is 5.06 Å². The fourth-order valence-corrected chi connectivity index (χ4v) is 4.37. The summed E-state index contributed by atoms with van der Waals surface area (Å²) < 4.78 is 0. The highest BCUT2D eigenvalue weighted by molar-refractivity contribution is 6.13. The Balaban J connectivity index is 0.000000763. The second-order valence-electron chi connectivity index (χ2n) is 14.9. The Morgan fingerprint density at radius 3 is 1.61 bits per heavy atom. The molecule has 0 aliphatic carbocycles. The van der Waals surface area contributed by atoms with E-state index in [0.717, 1.165) is 22.4 Å². The zero-order valence-corrected chi connectivity index (χ0v) is 36.5. The van der Waals surface area contributed by atoms with Crippen molar-refractivity contribution in [3.05, 3.63) is 87.8 Å². The number of benzene rings is 2. The molecule has 16 heteroatoms. The first-order chi connectivity index (χ1) is 27.6. The molecule has 322 valence electrons. The van der Waals surface area contributed by atoms with E-state index in [1.807, 2.05) is 123 Å². The van der Waals surface area contributed by atoms with Gasteiger partial charge in [0.05, 0.1) is 24.3 Å². The van der Waals surface area contributed by atoms with Crippen molar-refractivity contribution in [3.63, 3.8) is 0 Å². The van der Waals surface area contributed by atoms with Gasteiger partial charge >= 0.3 is 5.97 Å². The number of para-hydroxylation sites is 1. The maximum atomic E-state index is 12.6. The molecule has 4 N–H and O–H groups in total. The molecular weight excluding hydrogens is 757 g/mol. The number of nitrogens with two attached hydrogens (primary N) is 2. The summed E-state index contributed by atoms with van der Waals surface area (Å²) in [7, 11) is 0. The minimum Gasteiger partial charge on any atom is -0.330 e. The van der Waals surface area contributed by atoms with Gasteiger partial charge in [0.15, 0.2) is 0 Å². The third kappa shape index (κ3) is 20.4. The number of azide groups is 1. The second kappa shape index (κ2) is 27.7. The molecule has 59 heavy (non-hydrogen) atoms. The Bertz CT molecular complexity index is 1820. The van der Waals surface area contributed by atoms with Gasteiger partial charge in [-0.1, -0.05) is 103 Å². The normalized spacial score (nSPS) is 13.5. The Hall–Kier alpha value is -5.85. The number of amides is 5. The van der Waals surface area contributed by atoms with E-state index in [1.165, 1.54) is 17.1 Å². The van der Waals surface area contributed by atoms with Crippen LogP contribution in [0.25, 0.3) is 10.4 Å². The fraction of sp³-hybridized carbons (Fsp3) is 0.488. The topological polar surface area (TPSA) is 231 Å². The van der Waals surface area contributed by atoms with Crippen LogP contribution in [0.5, 0.6) is 0 Å². The number of hydrogen-bond donors (Lipinski definition) is 2. The van der Waals surface area contributed by atoms with Crippen LogP contribution in [0, 0.1) is 23.7 Å². The van der Waals surface area contributed by atoms with Crippen LogP contribution in [0.4, 0.5) is 5.69 Å². The quantitative estimate of drug-likeness (QED) is 0.0802. The highest BCUT2D eigenvalue weighted by Gasteiger charge is 2.33. The van der Waals surface area contributed by atoms with E-state index in [-0.39, 0.29) is 60.6 Å². The molecule has 3 aliphatic heterocycles. The van der Waals surface area contributed by atoms with Gasteiger partial charge in [0.2, 0.25) is 5.91 Å². The summed E-state index contributed by atoms with van der Waals surface area (Å²) in [6.07, 6.45) is 3.01. The van der Waals surface area contributed by atoms with Crippen molar-refractivity contribution in [2.75, 3.05) is 4.90 Å². The number of fused-ring (bicyclic) bond motifs is 2. The number of carbonyl (C=O) groups excluding carboxylic acids is 6. The number of anilines is 1. The number of hydroxylamine groups is 2. The molecule has 2 aromatic carbocycles. The smallest absolute Gasteiger partial charge is 0.330 e. The van der Waals surface area contributed by atoms with E-state index in [4.69, 9.17) is 11.3 Å². The number of imide groups is 2. The molecule has 0 bridgehead atoms. The van der Waals surface area contributed by atoms with Gasteiger partial charge < -0.3 is 20.3 Å². The summed E-state index contributed by atoms with van der Waals surface area (Å²) in [5.41, 5.74) is 16.7. The first-order valence-electron chi connectivity index (χ1n) is 19.4. The molecule has 0 aromatic heterocycles. The van der Waals surface area contributed by atoms with E-state index >= 15 is 0 Å². The first kappa shape index (κ1) is 53.1. The molecule has 5 amide bonds. The highest BCUT2D eigenvalue weighted by atomic mass is 16.7. The average Bonchev–Trinajstić information content (AvgIpc) is 3.67. The lowest BCUT2D eigenvalue weighted by Crippen LogP contribution is -2.36. The van der Waals surface area contributed by atoms with Crippen molar-refractivity contribution < 1.29 is 38.4 Å². The predicted molar refractivity (Wildman–Crippen MR) is 227 cm³/mol. The summed E-state index contributed by atoms with van der Waals surface area (Å²) in [6.45, 7) is 22.6. The molecule has 0 radical (unpaired) electrons. The van der Waals surface area contributed by atoms with Crippen molar-refractivity contribution >= 4 is 41.2 Å². The molecule has 1 saturated heterocycles. The summed E-state index contributed by atoms with van der Waals surface area (Å²) in [5.74, 6) is 8.96. The maximum absolute atomic E-state index is 12.6. The molecular formula is C43H62N8O8. The van der Waals surface area contributed by atoms with Crippen LogP contribution in [-0.4, -0.2) is 69.7 Å². The zero-order chi connectivity index (χ0) is 45.4. The van der Waals surface area contributed by atoms with Crippen molar-refractivity contribution in [2.45, 2.75) is 127 Å². The van der Waals surface area contributed by atoms with Crippen molar-refractivity contribution in [1.29, 1.82) is 0 Å². The van der Waals surface area contributed by atoms with Crippen LogP contribution in [0.1, 0.15) is 113 Å². The fourth-order valence-electron chi connectivity index (χ4n) is 4.37. The van der Waals surface area contributed by atoms with Gasteiger partial charge in [-0.2, -0.15) is 0 Å². The summed E-state index contributed by atoms with van der Waals surface area (Å²) >= 11 is 0. The van der Waals surface area contributed by atoms with E-state index in [2.05, 4.69) is 37.4 Å². The van der Waals surface area contributed by atoms with Crippen LogP contribution in [-0.2, 0) is 45.0 Å². The molecule has 0 spiro atoms. The van der Waals surface area contributed by atoms with Crippen LogP contribution in [0.2, 0.25) is 0 Å². The predicted octanol–water partition coefficient (Wildman–Crippen LogP) is 6.50. The van der Waals surface area contributed by atoms with E-state index in [1.54, 1.807) is 13.8 Å². The van der Waals surface area contributed by atoms with E-state index < -0.39 is 17.8 Å². The van der Waals surface area contributed by atoms with Gasteiger partial charge in [-0.3, -0.25) is 28.9 Å². The van der Waals surface area contributed by atoms with Crippen LogP contribution < -0.4 is 16.5 Å². The molecule has 3 aliphatic rings. The van der Waals surface area contributed by atoms with E-state index in [0.29, 0.717) is 17.6 Å². The van der Waals surface area contributed by atoms with Crippen LogP contribution >= 0.6 is 0 Å². The van der Waals surface area contributed by atoms with Gasteiger partial charge in [-0.25, -0.2) is 10.7 Å². The lowest BCUT2D eigenvalue weighted by Gasteiger charge is -2.27. The average molecular weight is 819 g/mol. The van der Waals surface area contributed by atoms with Gasteiger partial charge in [0.1, 0.15) is 0 Å². The van der Waals surface area contributed by atoms with Crippen molar-refractivity contribution in [3.8, 4) is 11.8 Å². The standard InChI is InChI=1S/C19H17NO.C8H11NO4.C7H9NO2.C3H7N3.C3H9NO.C3H9N/c1-14(2)19(21)20-13-17-9-4-3-7-15(17)11-12-16-8-5-6-10-18(16)20;1-5(2)8(12)13-9-6(10)3-4-7(9)11;1-5(2)8-6(9)3-4-7(8)10;1-3(2)5-6-4;1-3(2)5-4;1-3(2)4/h3-10,14H,13H2,1-2H3;5H,3-4H2,1-2H3;3-5H,1-2H3;3H,1-2H3;3H,4H2,1-2H3;3H,4H2,1-2H3. The van der Waals surface area contributed by atoms with Crippen molar-refractivity contribution in [2.24, 2.45) is 28.6 Å². The minimum absolute atomic E-state index is 0.0324. The Morgan fingerprint density at radius 1 is 0.763 bits per heavy atom. The van der Waals surface area contributed by atoms with Crippen LogP contribution in [0.3, 0.4) is 0 Å². The number of rotatable bonds is 6. The molecule has 0 saturated carbocycles. The second-order valence-corrected chi connectivity index (χ2v) is 14.9. The number of hydrogen-bond acceptors (Lipinski definition) is 11. The Morgan fingerprint density at radius 2 is 1.22 bits per heavy atom. The van der Waals surface area contributed by atoms with Gasteiger partial charge in [0, 0.05) is 59.0 Å². The van der Waals surface area contributed by atoms with E-state index in [9.17, 15) is 28.8 Å². The molecule has 0 unspecified atom stereocenters. The largest absolute Gasteiger partial charge is 0.335 e. The molecule has 1 fully saturated rings. The molecule has 16 nitrogen and oxygen atoms in total. The Labute approximate surface area is 348 Å². The Kier molecular flexibility index (Phi) is 25.0. The SMILES string of the molecule is CC(C)C(=O)N1Cc2ccccc2C#Cc2ccccc21.CC(C)C(=O)ON1C(=O)CCC1=O.CC(C)N.CC(C)N1C(=O)C=CC1=O.CC(C)N=[N+]=[N-].CC(C)ON. The molecule has 3 heterocycles. The summed E-state index contributed by atoms with van der Waals surface area (Å²) in [4.78, 5) is 81.7. The van der Waals surface area contributed by atoms with Crippen molar-refractivity contribution in [1.82, 2.24) is 9.96 Å². The first-order valence-corrected chi connectivity index (χ1v) is 19.4. The molecule has 0 atom stereocenters. The summed E-state index contributed by atoms with van der Waals surface area (Å²) in [5, 5.41) is 3.86. The summed E-state index contributed by atoms with van der Waals surface area (Å²) in [6, 6.07) is 16.3. The maximum Gasteiger partial charge on any atom is 0.335 e. The van der Waals surface area contributed by atoms with Gasteiger partial charge in [0.25, 0.3) is 23.6 Å². The lowest BCUT2D eigenvalue weighted by atomic mass is 10.0. The monoisotopic (exact) mass is 818 g/mol. The number of carbonyl (C=O) groups is 6. The molecule has 2 aromatic rings. The highest BCUT2D eigenvalue weighted by Crippen LogP contribution is 2.26. The zero-order valence-electron chi connectivity index (χ0n) is 36.5.